The SMILES string of the molecule is CCOc1cc(C=Nn2c(C)nc3ccc(Br)cc3c2=O)c(Br)c(Br)c1O[C@@H](C)C(=O)OC. The second kappa shape index (κ2) is 10.8. The van der Waals surface area contributed by atoms with E-state index >= 15 is 0 Å². The van der Waals surface area contributed by atoms with Crippen LogP contribution in [0.1, 0.15) is 25.2 Å². The molecule has 0 saturated carbocycles. The molecule has 0 saturated heterocycles. The monoisotopic (exact) mass is 643 g/mol. The van der Waals surface area contributed by atoms with E-state index in [1.54, 1.807) is 32.0 Å². The number of carbonyl (C=O) groups is 1. The van der Waals surface area contributed by atoms with Crippen molar-refractivity contribution < 1.29 is 19.0 Å². The van der Waals surface area contributed by atoms with Crippen LogP contribution in [0.2, 0.25) is 0 Å². The van der Waals surface area contributed by atoms with Crippen LogP contribution in [-0.2, 0) is 9.53 Å². The van der Waals surface area contributed by atoms with Gasteiger partial charge in [-0.25, -0.2) is 9.78 Å². The van der Waals surface area contributed by atoms with Crippen molar-refractivity contribution in [1.82, 2.24) is 9.66 Å². The summed E-state index contributed by atoms with van der Waals surface area (Å²) in [6, 6.07) is 7.02. The summed E-state index contributed by atoms with van der Waals surface area (Å²) in [5.74, 6) is 0.660. The van der Waals surface area contributed by atoms with E-state index in [1.165, 1.54) is 18.0 Å². The largest absolute Gasteiger partial charge is 0.490 e. The Morgan fingerprint density at radius 3 is 2.64 bits per heavy atom. The molecule has 1 aromatic heterocycles. The third kappa shape index (κ3) is 5.47. The first-order valence-electron chi connectivity index (χ1n) is 9.80. The van der Waals surface area contributed by atoms with Gasteiger partial charge in [-0.2, -0.15) is 9.78 Å². The Morgan fingerprint density at radius 1 is 1.24 bits per heavy atom. The van der Waals surface area contributed by atoms with Gasteiger partial charge in [0, 0.05) is 14.5 Å². The first kappa shape index (κ1) is 25.4. The summed E-state index contributed by atoms with van der Waals surface area (Å²) in [6.45, 7) is 5.49. The van der Waals surface area contributed by atoms with Crippen LogP contribution in [0.25, 0.3) is 10.9 Å². The fraction of sp³-hybridized carbons (Fsp3) is 0.273. The summed E-state index contributed by atoms with van der Waals surface area (Å²) in [6.07, 6.45) is 0.672. The van der Waals surface area contributed by atoms with Crippen molar-refractivity contribution in [1.29, 1.82) is 0 Å². The van der Waals surface area contributed by atoms with Gasteiger partial charge in [-0.05, 0) is 76.9 Å². The maximum absolute atomic E-state index is 13.0. The van der Waals surface area contributed by atoms with Crippen LogP contribution >= 0.6 is 47.8 Å². The molecular formula is C22H20Br3N3O5. The van der Waals surface area contributed by atoms with Gasteiger partial charge in [0.1, 0.15) is 5.82 Å². The fourth-order valence-corrected chi connectivity index (χ4v) is 4.25. The Bertz CT molecular complexity index is 1310. The Kier molecular flexibility index (Phi) is 8.30. The molecule has 33 heavy (non-hydrogen) atoms. The minimum atomic E-state index is -0.846. The lowest BCUT2D eigenvalue weighted by Gasteiger charge is -2.19. The lowest BCUT2D eigenvalue weighted by Crippen LogP contribution is -2.25. The highest BCUT2D eigenvalue weighted by Gasteiger charge is 2.22. The minimum absolute atomic E-state index is 0.290. The number of carbonyl (C=O) groups excluding carboxylic acids is 1. The number of aromatic nitrogens is 2. The molecule has 0 amide bonds. The standard InChI is InChI=1S/C22H20Br3N3O5/c1-5-32-17-8-13(18(24)19(25)20(17)33-11(2)22(30)31-4)10-26-28-12(3)27-16-7-6-14(23)9-15(16)21(28)29/h6-11H,5H2,1-4H3/t11-/m0/s1. The first-order valence-corrected chi connectivity index (χ1v) is 12.2. The van der Waals surface area contributed by atoms with E-state index in [1.807, 2.05) is 13.0 Å². The Balaban J connectivity index is 2.07. The molecule has 8 nitrogen and oxygen atoms in total. The van der Waals surface area contributed by atoms with Crippen molar-refractivity contribution in [2.24, 2.45) is 5.10 Å². The molecule has 0 N–H and O–H groups in total. The Morgan fingerprint density at radius 2 is 1.97 bits per heavy atom. The van der Waals surface area contributed by atoms with Crippen molar-refractivity contribution in [3.63, 3.8) is 0 Å². The zero-order valence-electron chi connectivity index (χ0n) is 18.2. The number of esters is 1. The lowest BCUT2D eigenvalue weighted by molar-refractivity contribution is -0.148. The predicted octanol–water partition coefficient (Wildman–Crippen LogP) is 5.21. The smallest absolute Gasteiger partial charge is 0.346 e. The molecule has 1 heterocycles. The molecule has 0 aliphatic carbocycles. The molecule has 0 fully saturated rings. The molecular weight excluding hydrogens is 626 g/mol. The number of hydrogen-bond acceptors (Lipinski definition) is 7. The van der Waals surface area contributed by atoms with Gasteiger partial charge >= 0.3 is 5.97 Å². The second-order valence-corrected chi connectivity index (χ2v) is 9.32. The highest BCUT2D eigenvalue weighted by Crippen LogP contribution is 2.43. The quantitative estimate of drug-likeness (QED) is 0.259. The van der Waals surface area contributed by atoms with Gasteiger partial charge in [0.2, 0.25) is 0 Å². The number of ether oxygens (including phenoxy) is 3. The second-order valence-electron chi connectivity index (χ2n) is 6.82. The highest BCUT2D eigenvalue weighted by molar-refractivity contribution is 9.13. The van der Waals surface area contributed by atoms with Gasteiger partial charge in [-0.1, -0.05) is 15.9 Å². The molecule has 0 radical (unpaired) electrons. The average Bonchev–Trinajstić information content (AvgIpc) is 2.79. The fourth-order valence-electron chi connectivity index (χ4n) is 2.98. The Labute approximate surface area is 215 Å². The van der Waals surface area contributed by atoms with E-state index in [-0.39, 0.29) is 5.56 Å². The topological polar surface area (TPSA) is 92.0 Å². The Hall–Kier alpha value is -2.24. The van der Waals surface area contributed by atoms with Crippen LogP contribution in [0.5, 0.6) is 11.5 Å². The zero-order chi connectivity index (χ0) is 24.3. The summed E-state index contributed by atoms with van der Waals surface area (Å²) in [5.41, 5.74) is 0.919. The molecule has 1 atom stereocenters. The number of benzene rings is 2. The van der Waals surface area contributed by atoms with Crippen LogP contribution in [0.3, 0.4) is 0 Å². The van der Waals surface area contributed by atoms with Gasteiger partial charge < -0.3 is 14.2 Å². The number of nitrogens with zero attached hydrogens (tertiary/aromatic N) is 3. The minimum Gasteiger partial charge on any atom is -0.490 e. The molecule has 0 unspecified atom stereocenters. The molecule has 11 heteroatoms. The van der Waals surface area contributed by atoms with E-state index in [4.69, 9.17) is 14.2 Å². The van der Waals surface area contributed by atoms with Gasteiger partial charge in [-0.15, -0.1) is 0 Å². The maximum atomic E-state index is 13.0. The number of fused-ring (bicyclic) bond motifs is 1. The molecule has 174 valence electrons. The van der Waals surface area contributed by atoms with Gasteiger partial charge in [-0.3, -0.25) is 4.79 Å². The average molecular weight is 646 g/mol. The third-order valence-electron chi connectivity index (χ3n) is 4.57. The number of aryl methyl sites for hydroxylation is 1. The van der Waals surface area contributed by atoms with Crippen molar-refractivity contribution in [3.8, 4) is 11.5 Å². The first-order chi connectivity index (χ1) is 15.7. The molecule has 3 aromatic rings. The van der Waals surface area contributed by atoms with Gasteiger partial charge in [0.05, 0.1) is 35.3 Å². The molecule has 2 aromatic carbocycles. The highest BCUT2D eigenvalue weighted by atomic mass is 79.9. The van der Waals surface area contributed by atoms with E-state index in [0.717, 1.165) is 4.47 Å². The van der Waals surface area contributed by atoms with Crippen molar-refractivity contribution >= 4 is 70.9 Å². The van der Waals surface area contributed by atoms with Gasteiger partial charge in [0.15, 0.2) is 17.6 Å². The van der Waals surface area contributed by atoms with Crippen molar-refractivity contribution in [2.75, 3.05) is 13.7 Å². The summed E-state index contributed by atoms with van der Waals surface area (Å²) in [7, 11) is 1.29. The van der Waals surface area contributed by atoms with Crippen LogP contribution < -0.4 is 15.0 Å². The summed E-state index contributed by atoms with van der Waals surface area (Å²) < 4.78 is 19.4. The number of hydrogen-bond donors (Lipinski definition) is 0. The summed E-state index contributed by atoms with van der Waals surface area (Å²) in [5, 5.41) is 4.82. The summed E-state index contributed by atoms with van der Waals surface area (Å²) >= 11 is 10.4. The lowest BCUT2D eigenvalue weighted by atomic mass is 10.2. The molecule has 0 bridgehead atoms. The van der Waals surface area contributed by atoms with Crippen molar-refractivity contribution in [2.45, 2.75) is 26.9 Å². The summed E-state index contributed by atoms with van der Waals surface area (Å²) in [4.78, 5) is 29.3. The molecule has 0 aliphatic rings. The predicted molar refractivity (Wildman–Crippen MR) is 137 cm³/mol. The third-order valence-corrected chi connectivity index (χ3v) is 7.20. The van der Waals surface area contributed by atoms with E-state index < -0.39 is 12.1 Å². The van der Waals surface area contributed by atoms with Crippen LogP contribution in [0.15, 0.2) is 47.6 Å². The van der Waals surface area contributed by atoms with Crippen LogP contribution in [0.4, 0.5) is 0 Å². The molecule has 3 rings (SSSR count). The number of rotatable bonds is 7. The van der Waals surface area contributed by atoms with E-state index in [2.05, 4.69) is 57.9 Å². The van der Waals surface area contributed by atoms with E-state index in [0.29, 0.717) is 49.3 Å². The van der Waals surface area contributed by atoms with Crippen LogP contribution in [-0.4, -0.2) is 41.7 Å². The molecule has 0 aliphatic heterocycles. The van der Waals surface area contributed by atoms with Gasteiger partial charge in [0.25, 0.3) is 5.56 Å². The molecule has 0 spiro atoms. The van der Waals surface area contributed by atoms with E-state index in [9.17, 15) is 9.59 Å². The van der Waals surface area contributed by atoms with Crippen molar-refractivity contribution in [3.05, 3.63) is 59.4 Å². The normalized spacial score (nSPS) is 12.2. The zero-order valence-corrected chi connectivity index (χ0v) is 22.9. The number of methoxy groups -OCH3 is 1. The van der Waals surface area contributed by atoms with Crippen LogP contribution in [0, 0.1) is 6.92 Å². The number of halogens is 3. The maximum Gasteiger partial charge on any atom is 0.346 e.